The second-order valence-corrected chi connectivity index (χ2v) is 13.5. The molecule has 53 heavy (non-hydrogen) atoms. The molecule has 7 rings (SSSR count). The van der Waals surface area contributed by atoms with Crippen molar-refractivity contribution in [3.63, 3.8) is 0 Å². The molecule has 0 spiro atoms. The number of amides is 2. The van der Waals surface area contributed by atoms with Gasteiger partial charge in [-0.15, -0.1) is 10.2 Å². The first-order valence-corrected chi connectivity index (χ1v) is 18.7. The third-order valence-electron chi connectivity index (χ3n) is 10.3. The van der Waals surface area contributed by atoms with E-state index in [2.05, 4.69) is 62.4 Å². The Kier molecular flexibility index (Phi) is 10.8. The fourth-order valence-corrected chi connectivity index (χ4v) is 7.53. The predicted octanol–water partition coefficient (Wildman–Crippen LogP) is 7.07. The van der Waals surface area contributed by atoms with E-state index in [4.69, 9.17) is 4.98 Å². The van der Waals surface area contributed by atoms with Crippen LogP contribution < -0.4 is 0 Å². The molecule has 6 aromatic rings. The van der Waals surface area contributed by atoms with Gasteiger partial charge in [0.15, 0.2) is 0 Å². The number of carbonyl (C=O) groups excluding carboxylic acids is 2. The van der Waals surface area contributed by atoms with Gasteiger partial charge in [-0.3, -0.25) is 9.59 Å². The number of nitrogens with zero attached hydrogens (tertiary/aromatic N) is 7. The van der Waals surface area contributed by atoms with Crippen LogP contribution in [0.15, 0.2) is 109 Å². The molecule has 10 heteroatoms. The maximum absolute atomic E-state index is 14.9. The van der Waals surface area contributed by atoms with Gasteiger partial charge >= 0.3 is 0 Å². The number of H-pyrrole nitrogens is 1. The Balaban J connectivity index is 1.25. The third-order valence-corrected chi connectivity index (χ3v) is 10.3. The van der Waals surface area contributed by atoms with Gasteiger partial charge in [0.2, 0.25) is 17.6 Å². The topological polar surface area (TPSA) is 113 Å². The van der Waals surface area contributed by atoms with Crippen LogP contribution in [0.1, 0.15) is 73.4 Å². The van der Waals surface area contributed by atoms with Gasteiger partial charge in [0, 0.05) is 43.7 Å². The van der Waals surface area contributed by atoms with Crippen LogP contribution in [0.3, 0.4) is 0 Å². The summed E-state index contributed by atoms with van der Waals surface area (Å²) in [7, 11) is 0. The van der Waals surface area contributed by atoms with Crippen molar-refractivity contribution in [1.82, 2.24) is 40.0 Å². The Morgan fingerprint density at radius 3 is 2.08 bits per heavy atom. The molecule has 4 aromatic carbocycles. The second-order valence-electron chi connectivity index (χ2n) is 13.5. The summed E-state index contributed by atoms with van der Waals surface area (Å²) in [6, 6.07) is 35.7. The fraction of sp³-hybridized carbons (Fsp3) is 0.302. The van der Waals surface area contributed by atoms with Crippen molar-refractivity contribution in [2.45, 2.75) is 71.5 Å². The number of aromatic nitrogens is 6. The zero-order valence-corrected chi connectivity index (χ0v) is 30.7. The second kappa shape index (κ2) is 16.2. The first-order valence-electron chi connectivity index (χ1n) is 18.7. The standard InChI is InChI=1S/C43H46N8O2/c1-4-7-22-39-44-36-29-51(43(53)40(32-16-10-8-11-17-32)33-18-12-9-13-19-33)38(42(52)49(5-2)6-3)27-37(36)50(39)28-30-23-25-31(26-24-30)34-20-14-15-21-35(34)41-45-47-48-46-41/h8-21,23-26,38,40H,4-7,22,27-29H2,1-3H3,(H,45,46,47,48). The Hall–Kier alpha value is -5.90. The molecule has 3 heterocycles. The van der Waals surface area contributed by atoms with Gasteiger partial charge in [-0.25, -0.2) is 4.98 Å². The quantitative estimate of drug-likeness (QED) is 0.138. The lowest BCUT2D eigenvalue weighted by Gasteiger charge is -2.39. The van der Waals surface area contributed by atoms with Crippen LogP contribution in [0.5, 0.6) is 0 Å². The molecule has 1 atom stereocenters. The lowest BCUT2D eigenvalue weighted by atomic mass is 9.88. The number of unbranched alkanes of at least 4 members (excludes halogenated alkanes) is 1. The number of aryl methyl sites for hydroxylation is 1. The van der Waals surface area contributed by atoms with Crippen LogP contribution in [0.25, 0.3) is 22.5 Å². The van der Waals surface area contributed by atoms with E-state index in [0.29, 0.717) is 31.9 Å². The third kappa shape index (κ3) is 7.40. The molecule has 0 saturated carbocycles. The van der Waals surface area contributed by atoms with E-state index >= 15 is 0 Å². The van der Waals surface area contributed by atoms with Crippen molar-refractivity contribution in [2.24, 2.45) is 0 Å². The molecule has 0 fully saturated rings. The Bertz CT molecular complexity index is 2090. The predicted molar refractivity (Wildman–Crippen MR) is 206 cm³/mol. The molecule has 0 aliphatic carbocycles. The van der Waals surface area contributed by atoms with Crippen LogP contribution in [0.2, 0.25) is 0 Å². The van der Waals surface area contributed by atoms with E-state index in [1.54, 1.807) is 0 Å². The van der Waals surface area contributed by atoms with E-state index in [-0.39, 0.29) is 18.4 Å². The van der Waals surface area contributed by atoms with Crippen molar-refractivity contribution in [3.05, 3.63) is 143 Å². The molecule has 0 saturated heterocycles. The number of nitrogens with one attached hydrogen (secondary N) is 1. The average molecular weight is 707 g/mol. The van der Waals surface area contributed by atoms with Crippen molar-refractivity contribution in [2.75, 3.05) is 13.1 Å². The van der Waals surface area contributed by atoms with E-state index < -0.39 is 12.0 Å². The summed E-state index contributed by atoms with van der Waals surface area (Å²) in [6.45, 7) is 8.22. The molecule has 2 amide bonds. The van der Waals surface area contributed by atoms with Gasteiger partial charge in [0.25, 0.3) is 0 Å². The summed E-state index contributed by atoms with van der Waals surface area (Å²) in [6.07, 6.45) is 3.26. The number of carbonyl (C=O) groups is 2. The van der Waals surface area contributed by atoms with Crippen molar-refractivity contribution in [3.8, 4) is 22.5 Å². The normalized spacial score (nSPS) is 14.0. The lowest BCUT2D eigenvalue weighted by molar-refractivity contribution is -0.147. The Labute approximate surface area is 310 Å². The Morgan fingerprint density at radius 2 is 1.47 bits per heavy atom. The van der Waals surface area contributed by atoms with Gasteiger partial charge in [-0.2, -0.15) is 5.21 Å². The summed E-state index contributed by atoms with van der Waals surface area (Å²) >= 11 is 0. The highest BCUT2D eigenvalue weighted by Crippen LogP contribution is 2.34. The molecule has 1 N–H and O–H groups in total. The van der Waals surface area contributed by atoms with E-state index in [1.807, 2.05) is 103 Å². The van der Waals surface area contributed by atoms with Gasteiger partial charge < -0.3 is 14.4 Å². The maximum atomic E-state index is 14.9. The average Bonchev–Trinajstić information content (AvgIpc) is 3.87. The van der Waals surface area contributed by atoms with Gasteiger partial charge in [-0.05, 0) is 53.3 Å². The molecule has 0 radical (unpaired) electrons. The number of hydrogen-bond donors (Lipinski definition) is 1. The number of tetrazole rings is 1. The SMILES string of the molecule is CCCCc1nc2c(n1Cc1ccc(-c3ccccc3-c3nn[nH]n3)cc1)CC(C(=O)N(CC)CC)N(C(=O)C(c1ccccc1)c1ccccc1)C2. The van der Waals surface area contributed by atoms with E-state index in [9.17, 15) is 9.59 Å². The molecule has 0 bridgehead atoms. The first-order chi connectivity index (χ1) is 26.0. The molecule has 270 valence electrons. The Morgan fingerprint density at radius 1 is 0.830 bits per heavy atom. The molecule has 2 aromatic heterocycles. The molecule has 1 aliphatic heterocycles. The number of fused-ring (bicyclic) bond motifs is 1. The van der Waals surface area contributed by atoms with Crippen molar-refractivity contribution in [1.29, 1.82) is 0 Å². The van der Waals surface area contributed by atoms with Crippen molar-refractivity contribution < 1.29 is 9.59 Å². The number of hydrogen-bond acceptors (Lipinski definition) is 6. The summed E-state index contributed by atoms with van der Waals surface area (Å²) in [4.78, 5) is 38.2. The van der Waals surface area contributed by atoms with Crippen LogP contribution in [0, 0.1) is 0 Å². The number of likely N-dealkylation sites (N-methyl/N-ethyl adjacent to an activating group) is 1. The number of rotatable bonds is 13. The first kappa shape index (κ1) is 35.5. The van der Waals surface area contributed by atoms with Crippen LogP contribution in [-0.2, 0) is 35.5 Å². The molecular formula is C43H46N8O2. The number of imidazole rings is 1. The minimum atomic E-state index is -0.650. The monoisotopic (exact) mass is 706 g/mol. The molecule has 1 unspecified atom stereocenters. The molecule has 10 nitrogen and oxygen atoms in total. The smallest absolute Gasteiger partial charge is 0.245 e. The van der Waals surface area contributed by atoms with Crippen LogP contribution >= 0.6 is 0 Å². The zero-order chi connectivity index (χ0) is 36.7. The lowest BCUT2D eigenvalue weighted by Crippen LogP contribution is -2.55. The minimum absolute atomic E-state index is 0.0265. The molecular weight excluding hydrogens is 661 g/mol. The summed E-state index contributed by atoms with van der Waals surface area (Å²) in [5, 5.41) is 14.7. The van der Waals surface area contributed by atoms with E-state index in [1.165, 1.54) is 0 Å². The number of benzene rings is 4. The van der Waals surface area contributed by atoms with Crippen LogP contribution in [-0.4, -0.2) is 70.9 Å². The fourth-order valence-electron chi connectivity index (χ4n) is 7.53. The molecule has 1 aliphatic rings. The van der Waals surface area contributed by atoms with Gasteiger partial charge in [0.1, 0.15) is 11.9 Å². The summed E-state index contributed by atoms with van der Waals surface area (Å²) < 4.78 is 2.31. The van der Waals surface area contributed by atoms with Gasteiger partial charge in [0.05, 0.1) is 18.2 Å². The van der Waals surface area contributed by atoms with E-state index in [0.717, 1.165) is 69.9 Å². The summed E-state index contributed by atoms with van der Waals surface area (Å²) in [5.41, 5.74) is 7.83. The highest BCUT2D eigenvalue weighted by molar-refractivity contribution is 5.93. The van der Waals surface area contributed by atoms with Crippen molar-refractivity contribution >= 4 is 11.8 Å². The van der Waals surface area contributed by atoms with Gasteiger partial charge in [-0.1, -0.05) is 123 Å². The summed E-state index contributed by atoms with van der Waals surface area (Å²) in [5.74, 6) is 0.891. The largest absolute Gasteiger partial charge is 0.341 e. The van der Waals surface area contributed by atoms with Crippen LogP contribution in [0.4, 0.5) is 0 Å². The zero-order valence-electron chi connectivity index (χ0n) is 30.7. The highest BCUT2D eigenvalue weighted by Gasteiger charge is 2.42. The maximum Gasteiger partial charge on any atom is 0.245 e. The highest BCUT2D eigenvalue weighted by atomic mass is 16.2. The number of aromatic amines is 1. The minimum Gasteiger partial charge on any atom is -0.341 e.